The van der Waals surface area contributed by atoms with Gasteiger partial charge in [-0.1, -0.05) is 0 Å². The van der Waals surface area contributed by atoms with Gasteiger partial charge in [-0.15, -0.1) is 0 Å². The summed E-state index contributed by atoms with van der Waals surface area (Å²) in [5.41, 5.74) is 14.1. The van der Waals surface area contributed by atoms with E-state index in [-0.39, 0.29) is 23.1 Å². The van der Waals surface area contributed by atoms with Crippen molar-refractivity contribution in [3.8, 4) is 0 Å². The van der Waals surface area contributed by atoms with Crippen LogP contribution in [0.4, 0.5) is 15.8 Å². The number of pyridine rings is 1. The Hall–Kier alpha value is -2.08. The molecule has 0 spiro atoms. The molecule has 1 aromatic heterocycles. The van der Waals surface area contributed by atoms with E-state index in [9.17, 15) is 4.79 Å². The molecule has 128 valence electrons. The molecule has 1 aliphatic carbocycles. The van der Waals surface area contributed by atoms with E-state index in [1.807, 2.05) is 11.8 Å². The molecule has 1 unspecified atom stereocenters. The lowest BCUT2D eigenvalue weighted by Gasteiger charge is -2.25. The highest BCUT2D eigenvalue weighted by molar-refractivity contribution is 5.97. The molecule has 1 aromatic carbocycles. The smallest absolute Gasteiger partial charge is 0.251 e. The number of nitrogens with zero attached hydrogens (tertiary/aromatic N) is 2. The SMILES string of the molecule is Cc1c(N2CCC(CN)C2)c(F)c(N)c2ccc(=O)n(C3CC3)c12. The van der Waals surface area contributed by atoms with E-state index >= 15 is 4.39 Å². The van der Waals surface area contributed by atoms with Crippen LogP contribution in [0, 0.1) is 18.7 Å². The lowest BCUT2D eigenvalue weighted by Crippen LogP contribution is -2.26. The molecular formula is C18H23FN4O. The van der Waals surface area contributed by atoms with Gasteiger partial charge in [-0.3, -0.25) is 4.79 Å². The highest BCUT2D eigenvalue weighted by atomic mass is 19.1. The van der Waals surface area contributed by atoms with E-state index in [1.54, 1.807) is 10.6 Å². The zero-order valence-electron chi connectivity index (χ0n) is 13.9. The van der Waals surface area contributed by atoms with Crippen molar-refractivity contribution >= 4 is 22.3 Å². The first kappa shape index (κ1) is 15.4. The third-order valence-corrected chi connectivity index (χ3v) is 5.42. The van der Waals surface area contributed by atoms with Gasteiger partial charge in [0.2, 0.25) is 0 Å². The number of aromatic nitrogens is 1. The van der Waals surface area contributed by atoms with Crippen LogP contribution in [0.2, 0.25) is 0 Å². The van der Waals surface area contributed by atoms with Gasteiger partial charge >= 0.3 is 0 Å². The molecule has 1 aliphatic heterocycles. The lowest BCUT2D eigenvalue weighted by molar-refractivity contribution is 0.598. The third-order valence-electron chi connectivity index (χ3n) is 5.42. The summed E-state index contributed by atoms with van der Waals surface area (Å²) >= 11 is 0. The third kappa shape index (κ3) is 2.20. The number of benzene rings is 1. The predicted octanol–water partition coefficient (Wildman–Crippen LogP) is 2.15. The molecule has 1 atom stereocenters. The largest absolute Gasteiger partial charge is 0.396 e. The van der Waals surface area contributed by atoms with Gasteiger partial charge in [-0.25, -0.2) is 4.39 Å². The monoisotopic (exact) mass is 330 g/mol. The van der Waals surface area contributed by atoms with Crippen molar-refractivity contribution in [2.75, 3.05) is 30.3 Å². The first-order valence-electron chi connectivity index (χ1n) is 8.60. The minimum Gasteiger partial charge on any atom is -0.396 e. The fourth-order valence-electron chi connectivity index (χ4n) is 3.98. The first-order chi connectivity index (χ1) is 11.5. The lowest BCUT2D eigenvalue weighted by atomic mass is 10.0. The van der Waals surface area contributed by atoms with Crippen molar-refractivity contribution < 1.29 is 4.39 Å². The van der Waals surface area contributed by atoms with Crippen molar-refractivity contribution in [2.45, 2.75) is 32.2 Å². The van der Waals surface area contributed by atoms with E-state index in [0.717, 1.165) is 43.4 Å². The Kier molecular flexibility index (Phi) is 3.53. The Morgan fingerprint density at radius 1 is 1.29 bits per heavy atom. The molecule has 0 radical (unpaired) electrons. The number of nitrogens with two attached hydrogens (primary N) is 2. The average Bonchev–Trinajstić information content (AvgIpc) is 3.30. The van der Waals surface area contributed by atoms with Crippen LogP contribution in [0.15, 0.2) is 16.9 Å². The van der Waals surface area contributed by atoms with Crippen molar-refractivity contribution in [3.63, 3.8) is 0 Å². The van der Waals surface area contributed by atoms with Gasteiger partial charge in [0.05, 0.1) is 16.9 Å². The van der Waals surface area contributed by atoms with E-state index in [2.05, 4.69) is 0 Å². The summed E-state index contributed by atoms with van der Waals surface area (Å²) < 4.78 is 16.8. The number of fused-ring (bicyclic) bond motifs is 1. The standard InChI is InChI=1S/C18H23FN4O/c1-10-17-13(4-5-14(24)23(17)12-2-3-12)16(21)15(19)18(10)22-7-6-11(8-20)9-22/h4-5,11-12H,2-3,6-9,20-21H2,1H3. The minimum atomic E-state index is -0.376. The first-order valence-corrected chi connectivity index (χ1v) is 8.60. The highest BCUT2D eigenvalue weighted by Crippen LogP contribution is 2.42. The summed E-state index contributed by atoms with van der Waals surface area (Å²) in [7, 11) is 0. The summed E-state index contributed by atoms with van der Waals surface area (Å²) in [6, 6.07) is 3.36. The molecule has 4 rings (SSSR count). The maximum atomic E-state index is 15.0. The maximum absolute atomic E-state index is 15.0. The molecule has 2 aliphatic rings. The van der Waals surface area contributed by atoms with Crippen molar-refractivity contribution in [2.24, 2.45) is 11.7 Å². The predicted molar refractivity (Wildman–Crippen MR) is 95.0 cm³/mol. The second kappa shape index (κ2) is 5.48. The summed E-state index contributed by atoms with van der Waals surface area (Å²) in [5, 5.41) is 0.634. The van der Waals surface area contributed by atoms with E-state index in [0.29, 0.717) is 23.5 Å². The summed E-state index contributed by atoms with van der Waals surface area (Å²) in [6.45, 7) is 4.01. The van der Waals surface area contributed by atoms with Crippen LogP contribution in [0.1, 0.15) is 30.9 Å². The minimum absolute atomic E-state index is 0.0358. The van der Waals surface area contributed by atoms with Gasteiger partial charge in [0, 0.05) is 30.6 Å². The average molecular weight is 330 g/mol. The Balaban J connectivity index is 1.98. The van der Waals surface area contributed by atoms with Crippen molar-refractivity contribution in [1.29, 1.82) is 0 Å². The number of anilines is 2. The second-order valence-corrected chi connectivity index (χ2v) is 7.07. The normalized spacial score (nSPS) is 21.0. The van der Waals surface area contributed by atoms with Crippen molar-refractivity contribution in [1.82, 2.24) is 4.57 Å². The van der Waals surface area contributed by atoms with Crippen LogP contribution in [-0.4, -0.2) is 24.2 Å². The Labute approximate surface area is 140 Å². The van der Waals surface area contributed by atoms with Gasteiger partial charge in [0.1, 0.15) is 0 Å². The van der Waals surface area contributed by atoms with E-state index < -0.39 is 0 Å². The molecule has 2 fully saturated rings. The number of rotatable bonds is 3. The molecule has 24 heavy (non-hydrogen) atoms. The van der Waals surface area contributed by atoms with Gasteiger partial charge in [0.15, 0.2) is 5.82 Å². The van der Waals surface area contributed by atoms with Crippen molar-refractivity contribution in [3.05, 3.63) is 33.9 Å². The van der Waals surface area contributed by atoms with Crippen LogP contribution in [0.25, 0.3) is 10.9 Å². The maximum Gasteiger partial charge on any atom is 0.251 e. The van der Waals surface area contributed by atoms with Crippen LogP contribution in [-0.2, 0) is 0 Å². The number of hydrogen-bond donors (Lipinski definition) is 2. The molecule has 1 saturated heterocycles. The molecule has 1 saturated carbocycles. The van der Waals surface area contributed by atoms with Crippen LogP contribution < -0.4 is 21.9 Å². The summed E-state index contributed by atoms with van der Waals surface area (Å²) in [4.78, 5) is 14.4. The van der Waals surface area contributed by atoms with E-state index in [1.165, 1.54) is 6.07 Å². The topological polar surface area (TPSA) is 77.3 Å². The second-order valence-electron chi connectivity index (χ2n) is 7.07. The Morgan fingerprint density at radius 3 is 2.67 bits per heavy atom. The Bertz CT molecular complexity index is 872. The van der Waals surface area contributed by atoms with Crippen LogP contribution in [0.3, 0.4) is 0 Å². The quantitative estimate of drug-likeness (QED) is 0.846. The molecule has 0 bridgehead atoms. The van der Waals surface area contributed by atoms with Crippen LogP contribution in [0.5, 0.6) is 0 Å². The zero-order valence-corrected chi connectivity index (χ0v) is 13.9. The number of aryl methyl sites for hydroxylation is 1. The fourth-order valence-corrected chi connectivity index (χ4v) is 3.98. The molecule has 4 N–H and O–H groups in total. The summed E-state index contributed by atoms with van der Waals surface area (Å²) in [6.07, 6.45) is 2.94. The zero-order chi connectivity index (χ0) is 17.0. The summed E-state index contributed by atoms with van der Waals surface area (Å²) in [5.74, 6) is 0.000729. The molecule has 0 amide bonds. The van der Waals surface area contributed by atoms with Gasteiger partial charge in [-0.05, 0) is 50.3 Å². The van der Waals surface area contributed by atoms with Gasteiger partial charge in [-0.2, -0.15) is 0 Å². The van der Waals surface area contributed by atoms with Gasteiger partial charge < -0.3 is 20.9 Å². The highest BCUT2D eigenvalue weighted by Gasteiger charge is 2.31. The van der Waals surface area contributed by atoms with Gasteiger partial charge in [0.25, 0.3) is 5.56 Å². The molecule has 5 nitrogen and oxygen atoms in total. The molecule has 6 heteroatoms. The number of nitrogen functional groups attached to an aromatic ring is 1. The Morgan fingerprint density at radius 2 is 2.04 bits per heavy atom. The van der Waals surface area contributed by atoms with Crippen LogP contribution >= 0.6 is 0 Å². The van der Waals surface area contributed by atoms with E-state index in [4.69, 9.17) is 11.5 Å². The fraction of sp³-hybridized carbons (Fsp3) is 0.500. The molecule has 2 aromatic rings. The molecular weight excluding hydrogens is 307 g/mol. The number of halogens is 1. The number of hydrogen-bond acceptors (Lipinski definition) is 4. The molecule has 2 heterocycles.